The van der Waals surface area contributed by atoms with Gasteiger partial charge in [-0.15, -0.1) is 0 Å². The van der Waals surface area contributed by atoms with Crippen molar-refractivity contribution in [3.05, 3.63) is 70.3 Å². The molecule has 5 heteroatoms. The van der Waals surface area contributed by atoms with Gasteiger partial charge >= 0.3 is 0 Å². The summed E-state index contributed by atoms with van der Waals surface area (Å²) in [5.74, 6) is 1.47. The predicted octanol–water partition coefficient (Wildman–Crippen LogP) is 5.68. The Kier molecular flexibility index (Phi) is 6.96. The second kappa shape index (κ2) is 9.90. The van der Waals surface area contributed by atoms with Crippen LogP contribution in [0.25, 0.3) is 16.6 Å². The number of aromatic nitrogens is 2. The van der Waals surface area contributed by atoms with Crippen LogP contribution in [0.4, 0.5) is 0 Å². The number of rotatable bonds is 9. The van der Waals surface area contributed by atoms with Crippen molar-refractivity contribution < 1.29 is 4.79 Å². The third kappa shape index (κ3) is 4.87. The number of aryl methyl sites for hydroxylation is 1. The minimum atomic E-state index is -0.250. The molecule has 0 radical (unpaired) electrons. The number of hydrogen-bond donors (Lipinski definition) is 0. The number of hydrogen-bond acceptors (Lipinski definition) is 3. The molecule has 4 rings (SSSR count). The van der Waals surface area contributed by atoms with Crippen molar-refractivity contribution >= 4 is 16.8 Å². The molecule has 1 heterocycles. The molecule has 1 amide bonds. The van der Waals surface area contributed by atoms with Crippen molar-refractivity contribution in [1.29, 1.82) is 0 Å². The van der Waals surface area contributed by atoms with E-state index in [4.69, 9.17) is 4.98 Å². The summed E-state index contributed by atoms with van der Waals surface area (Å²) in [7, 11) is 0. The highest BCUT2D eigenvalue weighted by molar-refractivity contribution is 5.82. The third-order valence-corrected chi connectivity index (χ3v) is 6.62. The minimum Gasteiger partial charge on any atom is -0.332 e. The van der Waals surface area contributed by atoms with Gasteiger partial charge in [-0.05, 0) is 67.9 Å². The van der Waals surface area contributed by atoms with Crippen LogP contribution >= 0.6 is 0 Å². The van der Waals surface area contributed by atoms with E-state index in [0.717, 1.165) is 31.4 Å². The molecule has 0 saturated heterocycles. The number of nitrogens with zero attached hydrogens (tertiary/aromatic N) is 3. The number of benzene rings is 2. The molecule has 0 spiro atoms. The first-order chi connectivity index (χ1) is 15.9. The fourth-order valence-electron chi connectivity index (χ4n) is 4.43. The van der Waals surface area contributed by atoms with E-state index in [1.54, 1.807) is 4.57 Å². The molecule has 5 nitrogen and oxygen atoms in total. The zero-order chi connectivity index (χ0) is 23.5. The van der Waals surface area contributed by atoms with Crippen LogP contribution in [-0.4, -0.2) is 26.9 Å². The molecule has 2 aromatic carbocycles. The quantitative estimate of drug-likeness (QED) is 0.425. The molecule has 1 aromatic heterocycles. The standard InChI is InChI=1S/C28H35N3O2/c1-5-20-11-15-22(16-12-20)31-26(29-24-10-8-7-9-23(24)28(31)33)25(6-2)30(18-17-19(3)4)27(32)21-13-14-21/h7-12,15-16,19,21,25H,5-6,13-14,17-18H2,1-4H3. The Morgan fingerprint density at radius 2 is 1.79 bits per heavy atom. The SMILES string of the molecule is CCc1ccc(-n2c(C(CC)N(CCC(C)C)C(=O)C3CC3)nc3ccccc3c2=O)cc1. The van der Waals surface area contributed by atoms with Gasteiger partial charge in [-0.2, -0.15) is 0 Å². The topological polar surface area (TPSA) is 55.2 Å². The van der Waals surface area contributed by atoms with Gasteiger partial charge in [0.15, 0.2) is 0 Å². The van der Waals surface area contributed by atoms with E-state index in [1.807, 2.05) is 41.3 Å². The minimum absolute atomic E-state index is 0.0824. The fourth-order valence-corrected chi connectivity index (χ4v) is 4.43. The van der Waals surface area contributed by atoms with Gasteiger partial charge in [0.1, 0.15) is 5.82 Å². The summed E-state index contributed by atoms with van der Waals surface area (Å²) in [6.45, 7) is 9.25. The van der Waals surface area contributed by atoms with Crippen LogP contribution in [0.5, 0.6) is 0 Å². The van der Waals surface area contributed by atoms with Crippen LogP contribution in [0.3, 0.4) is 0 Å². The summed E-state index contributed by atoms with van der Waals surface area (Å²) in [4.78, 5) is 34.1. The summed E-state index contributed by atoms with van der Waals surface area (Å²) in [6, 6.07) is 15.4. The first-order valence-corrected chi connectivity index (χ1v) is 12.4. The number of carbonyl (C=O) groups excluding carboxylic acids is 1. The normalized spacial score (nSPS) is 14.6. The lowest BCUT2D eigenvalue weighted by molar-refractivity contribution is -0.135. The van der Waals surface area contributed by atoms with E-state index in [2.05, 4.69) is 39.8 Å². The molecular formula is C28H35N3O2. The van der Waals surface area contributed by atoms with E-state index in [-0.39, 0.29) is 23.4 Å². The second-order valence-corrected chi connectivity index (χ2v) is 9.56. The maximum atomic E-state index is 13.7. The molecule has 1 fully saturated rings. The summed E-state index contributed by atoms with van der Waals surface area (Å²) in [6.07, 6.45) is 4.49. The molecule has 0 N–H and O–H groups in total. The highest BCUT2D eigenvalue weighted by atomic mass is 16.2. The fraction of sp³-hybridized carbons (Fsp3) is 0.464. The predicted molar refractivity (Wildman–Crippen MR) is 134 cm³/mol. The molecule has 1 atom stereocenters. The van der Waals surface area contributed by atoms with Crippen molar-refractivity contribution in [2.75, 3.05) is 6.54 Å². The van der Waals surface area contributed by atoms with Crippen LogP contribution < -0.4 is 5.56 Å². The highest BCUT2D eigenvalue weighted by Gasteiger charge is 2.37. The largest absolute Gasteiger partial charge is 0.332 e. The average Bonchev–Trinajstić information content (AvgIpc) is 3.67. The van der Waals surface area contributed by atoms with Gasteiger partial charge in [0, 0.05) is 12.5 Å². The molecule has 1 saturated carbocycles. The first kappa shape index (κ1) is 23.2. The third-order valence-electron chi connectivity index (χ3n) is 6.62. The molecule has 3 aromatic rings. The van der Waals surface area contributed by atoms with E-state index >= 15 is 0 Å². The van der Waals surface area contributed by atoms with Crippen molar-refractivity contribution in [3.8, 4) is 5.69 Å². The van der Waals surface area contributed by atoms with Gasteiger partial charge in [0.05, 0.1) is 22.6 Å². The van der Waals surface area contributed by atoms with Gasteiger partial charge in [0.2, 0.25) is 5.91 Å². The Bertz CT molecular complexity index is 1180. The number of amides is 1. The monoisotopic (exact) mass is 445 g/mol. The van der Waals surface area contributed by atoms with Gasteiger partial charge in [0.25, 0.3) is 5.56 Å². The van der Waals surface area contributed by atoms with Crippen LogP contribution in [0.2, 0.25) is 0 Å². The number of fused-ring (bicyclic) bond motifs is 1. The molecule has 0 bridgehead atoms. The smallest absolute Gasteiger partial charge is 0.266 e. The Morgan fingerprint density at radius 1 is 1.09 bits per heavy atom. The molecule has 1 aliphatic rings. The summed E-state index contributed by atoms with van der Waals surface area (Å²) in [5, 5.41) is 0.595. The van der Waals surface area contributed by atoms with Crippen molar-refractivity contribution in [2.24, 2.45) is 11.8 Å². The Hall–Kier alpha value is -2.95. The van der Waals surface area contributed by atoms with Gasteiger partial charge in [-0.1, -0.05) is 52.0 Å². The van der Waals surface area contributed by atoms with E-state index < -0.39 is 0 Å². The van der Waals surface area contributed by atoms with Crippen LogP contribution in [0.1, 0.15) is 70.8 Å². The average molecular weight is 446 g/mol. The first-order valence-electron chi connectivity index (χ1n) is 12.4. The Balaban J connectivity index is 1.90. The maximum absolute atomic E-state index is 13.7. The van der Waals surface area contributed by atoms with Gasteiger partial charge < -0.3 is 4.90 Å². The van der Waals surface area contributed by atoms with E-state index in [1.165, 1.54) is 5.56 Å². The molecular weight excluding hydrogens is 410 g/mol. The molecule has 1 unspecified atom stereocenters. The zero-order valence-corrected chi connectivity index (χ0v) is 20.3. The lowest BCUT2D eigenvalue weighted by Gasteiger charge is -2.33. The van der Waals surface area contributed by atoms with Crippen molar-refractivity contribution in [1.82, 2.24) is 14.5 Å². The van der Waals surface area contributed by atoms with Crippen LogP contribution in [-0.2, 0) is 11.2 Å². The number of carbonyl (C=O) groups is 1. The Labute approximate surface area is 196 Å². The zero-order valence-electron chi connectivity index (χ0n) is 20.3. The van der Waals surface area contributed by atoms with Crippen molar-refractivity contribution in [2.45, 2.75) is 65.8 Å². The molecule has 174 valence electrons. The summed E-state index contributed by atoms with van der Waals surface area (Å²) < 4.78 is 1.73. The van der Waals surface area contributed by atoms with Crippen molar-refractivity contribution in [3.63, 3.8) is 0 Å². The van der Waals surface area contributed by atoms with Gasteiger partial charge in [-0.25, -0.2) is 4.98 Å². The van der Waals surface area contributed by atoms with Gasteiger partial charge in [-0.3, -0.25) is 14.2 Å². The van der Waals surface area contributed by atoms with E-state index in [0.29, 0.717) is 35.6 Å². The van der Waals surface area contributed by atoms with E-state index in [9.17, 15) is 9.59 Å². The second-order valence-electron chi connectivity index (χ2n) is 9.56. The van der Waals surface area contributed by atoms with Crippen LogP contribution in [0, 0.1) is 11.8 Å². The highest BCUT2D eigenvalue weighted by Crippen LogP contribution is 2.35. The number of para-hydroxylation sites is 1. The molecule has 33 heavy (non-hydrogen) atoms. The van der Waals surface area contributed by atoms with Crippen LogP contribution in [0.15, 0.2) is 53.3 Å². The summed E-state index contributed by atoms with van der Waals surface area (Å²) >= 11 is 0. The molecule has 0 aliphatic heterocycles. The maximum Gasteiger partial charge on any atom is 0.266 e. The lowest BCUT2D eigenvalue weighted by Crippen LogP contribution is -2.40. The summed E-state index contributed by atoms with van der Waals surface area (Å²) in [5.41, 5.74) is 2.62. The Morgan fingerprint density at radius 3 is 2.39 bits per heavy atom. The molecule has 1 aliphatic carbocycles. The lowest BCUT2D eigenvalue weighted by atomic mass is 10.1.